The van der Waals surface area contributed by atoms with Crippen LogP contribution in [0.15, 0.2) is 99.6 Å². The first-order valence-corrected chi connectivity index (χ1v) is 13.4. The van der Waals surface area contributed by atoms with Gasteiger partial charge in [0.1, 0.15) is 5.75 Å². The molecule has 0 saturated carbocycles. The zero-order chi connectivity index (χ0) is 26.6. The predicted molar refractivity (Wildman–Crippen MR) is 129 cm³/mol. The Balaban J connectivity index is 0.000000493. The molecule has 36 heavy (non-hydrogen) atoms. The van der Waals surface area contributed by atoms with Gasteiger partial charge in [-0.3, -0.25) is 0 Å². The molecule has 0 amide bonds. The summed E-state index contributed by atoms with van der Waals surface area (Å²) >= 11 is 0. The SMILES string of the molecule is CCCCOC(=O)COc1cccc([S+](c2ccccc2)c2ccccc2)c1.O=S(=O)([O-])C(F)(F)F. The van der Waals surface area contributed by atoms with E-state index in [1.807, 2.05) is 30.3 Å². The monoisotopic (exact) mass is 542 g/mol. The van der Waals surface area contributed by atoms with E-state index < -0.39 is 15.6 Å². The van der Waals surface area contributed by atoms with Gasteiger partial charge in [-0.1, -0.05) is 55.8 Å². The van der Waals surface area contributed by atoms with E-state index in [1.165, 1.54) is 9.79 Å². The Hall–Kier alpha value is -3.02. The van der Waals surface area contributed by atoms with Gasteiger partial charge in [0, 0.05) is 6.07 Å². The third-order valence-electron chi connectivity index (χ3n) is 4.40. The molecule has 3 aromatic rings. The average molecular weight is 543 g/mol. The van der Waals surface area contributed by atoms with Gasteiger partial charge in [-0.15, -0.1) is 0 Å². The second-order valence-corrected chi connectivity index (χ2v) is 10.6. The molecule has 0 fully saturated rings. The maximum absolute atomic E-state index is 11.8. The molecule has 0 aliphatic rings. The smallest absolute Gasteiger partial charge is 0.485 e. The van der Waals surface area contributed by atoms with Crippen molar-refractivity contribution in [2.45, 2.75) is 40.0 Å². The van der Waals surface area contributed by atoms with Crippen LogP contribution in [0.2, 0.25) is 0 Å². The third-order valence-corrected chi connectivity index (χ3v) is 7.18. The molecule has 6 nitrogen and oxygen atoms in total. The zero-order valence-corrected chi connectivity index (χ0v) is 20.9. The van der Waals surface area contributed by atoms with Gasteiger partial charge < -0.3 is 14.0 Å². The number of ether oxygens (including phenoxy) is 2. The number of carbonyl (C=O) groups excluding carboxylic acids is 1. The largest absolute Gasteiger partial charge is 0.741 e. The summed E-state index contributed by atoms with van der Waals surface area (Å²) in [5.41, 5.74) is -5.65. The molecule has 0 heterocycles. The fourth-order valence-corrected chi connectivity index (χ4v) is 4.85. The molecule has 0 aromatic heterocycles. The molecule has 11 heteroatoms. The molecule has 0 radical (unpaired) electrons. The van der Waals surface area contributed by atoms with E-state index in [0.717, 1.165) is 17.7 Å². The maximum Gasteiger partial charge on any atom is 0.485 e. The van der Waals surface area contributed by atoms with Crippen LogP contribution in [0.1, 0.15) is 19.8 Å². The van der Waals surface area contributed by atoms with Gasteiger partial charge in [0.2, 0.25) is 0 Å². The first-order valence-electron chi connectivity index (χ1n) is 10.8. The van der Waals surface area contributed by atoms with Gasteiger partial charge in [0.15, 0.2) is 31.4 Å². The molecule has 0 unspecified atom stereocenters. The molecular weight excluding hydrogens is 517 g/mol. The Morgan fingerprint density at radius 3 is 1.86 bits per heavy atom. The molecule has 3 rings (SSSR count). The van der Waals surface area contributed by atoms with Crippen LogP contribution in [0.25, 0.3) is 0 Å². The van der Waals surface area contributed by atoms with Crippen LogP contribution in [0.3, 0.4) is 0 Å². The van der Waals surface area contributed by atoms with Gasteiger partial charge in [-0.2, -0.15) is 13.2 Å². The highest BCUT2D eigenvalue weighted by Crippen LogP contribution is 2.32. The summed E-state index contributed by atoms with van der Waals surface area (Å²) in [5.74, 6) is 0.346. The molecule has 0 bridgehead atoms. The molecular formula is C25H25F3O6S2. The summed E-state index contributed by atoms with van der Waals surface area (Å²) in [5, 5.41) is 0. The van der Waals surface area contributed by atoms with Crippen LogP contribution in [0.4, 0.5) is 13.2 Å². The van der Waals surface area contributed by atoms with Crippen molar-refractivity contribution in [3.63, 3.8) is 0 Å². The van der Waals surface area contributed by atoms with Crippen LogP contribution in [-0.4, -0.2) is 37.7 Å². The van der Waals surface area contributed by atoms with E-state index in [9.17, 15) is 18.0 Å². The summed E-state index contributed by atoms with van der Waals surface area (Å²) in [7, 11) is -6.33. The molecule has 0 spiro atoms. The average Bonchev–Trinajstić information content (AvgIpc) is 2.84. The highest BCUT2D eigenvalue weighted by molar-refractivity contribution is 7.97. The fraction of sp³-hybridized carbons (Fsp3) is 0.240. The van der Waals surface area contributed by atoms with Gasteiger partial charge in [0.05, 0.1) is 17.5 Å². The van der Waals surface area contributed by atoms with Crippen molar-refractivity contribution >= 4 is 27.0 Å². The molecule has 0 aliphatic carbocycles. The number of unbranched alkanes of at least 4 members (excludes halogenated alkanes) is 1. The lowest BCUT2D eigenvalue weighted by atomic mass is 10.3. The Morgan fingerprint density at radius 1 is 0.889 bits per heavy atom. The van der Waals surface area contributed by atoms with Crippen LogP contribution in [0.5, 0.6) is 5.75 Å². The van der Waals surface area contributed by atoms with E-state index >= 15 is 0 Å². The minimum absolute atomic E-state index is 0.0718. The van der Waals surface area contributed by atoms with Crippen molar-refractivity contribution in [2.24, 2.45) is 0 Å². The quantitative estimate of drug-likeness (QED) is 0.116. The zero-order valence-electron chi connectivity index (χ0n) is 19.3. The number of rotatable bonds is 9. The van der Waals surface area contributed by atoms with Crippen LogP contribution in [-0.2, 0) is 30.5 Å². The molecule has 0 N–H and O–H groups in total. The number of hydrogen-bond acceptors (Lipinski definition) is 6. The van der Waals surface area contributed by atoms with Crippen molar-refractivity contribution in [1.82, 2.24) is 0 Å². The number of hydrogen-bond donors (Lipinski definition) is 0. The van der Waals surface area contributed by atoms with E-state index in [0.29, 0.717) is 12.4 Å². The van der Waals surface area contributed by atoms with Crippen molar-refractivity contribution in [3.8, 4) is 5.75 Å². The molecule has 3 aromatic carbocycles. The van der Waals surface area contributed by atoms with E-state index in [1.54, 1.807) is 0 Å². The fourth-order valence-electron chi connectivity index (χ4n) is 2.73. The van der Waals surface area contributed by atoms with Crippen molar-refractivity contribution < 1.29 is 40.4 Å². The van der Waals surface area contributed by atoms with Gasteiger partial charge >= 0.3 is 11.5 Å². The van der Waals surface area contributed by atoms with Crippen LogP contribution >= 0.6 is 0 Å². The predicted octanol–water partition coefficient (Wildman–Crippen LogP) is 5.56. The number of benzene rings is 3. The highest BCUT2D eigenvalue weighted by atomic mass is 32.2. The van der Waals surface area contributed by atoms with E-state index in [2.05, 4.69) is 61.5 Å². The summed E-state index contributed by atoms with van der Waals surface area (Å²) in [6, 6.07) is 28.9. The summed E-state index contributed by atoms with van der Waals surface area (Å²) in [4.78, 5) is 15.4. The molecule has 0 aliphatic heterocycles. The van der Waals surface area contributed by atoms with Crippen molar-refractivity contribution in [3.05, 3.63) is 84.9 Å². The topological polar surface area (TPSA) is 92.7 Å². The Bertz CT molecular complexity index is 1150. The number of alkyl halides is 3. The molecule has 0 saturated heterocycles. The Kier molecular flexibility index (Phi) is 11.3. The maximum atomic E-state index is 11.8. The normalized spacial score (nSPS) is 11.4. The van der Waals surface area contributed by atoms with Crippen LogP contribution < -0.4 is 4.74 Å². The lowest BCUT2D eigenvalue weighted by Gasteiger charge is -2.10. The Morgan fingerprint density at radius 2 is 1.39 bits per heavy atom. The van der Waals surface area contributed by atoms with Crippen molar-refractivity contribution in [2.75, 3.05) is 13.2 Å². The molecule has 0 atom stereocenters. The molecule has 194 valence electrons. The van der Waals surface area contributed by atoms with Gasteiger partial charge in [0.25, 0.3) is 0 Å². The van der Waals surface area contributed by atoms with Crippen molar-refractivity contribution in [1.29, 1.82) is 0 Å². The first-order chi connectivity index (χ1) is 17.0. The highest BCUT2D eigenvalue weighted by Gasteiger charge is 2.37. The van der Waals surface area contributed by atoms with E-state index in [4.69, 9.17) is 22.4 Å². The summed E-state index contributed by atoms with van der Waals surface area (Å²) in [6.45, 7) is 2.44. The Labute approximate surface area is 211 Å². The minimum atomic E-state index is -6.09. The minimum Gasteiger partial charge on any atom is -0.741 e. The second kappa shape index (κ2) is 13.9. The van der Waals surface area contributed by atoms with E-state index in [-0.39, 0.29) is 23.5 Å². The second-order valence-electron chi connectivity index (χ2n) is 7.17. The lowest BCUT2D eigenvalue weighted by Crippen LogP contribution is -2.21. The van der Waals surface area contributed by atoms with Gasteiger partial charge in [-0.25, -0.2) is 13.2 Å². The number of esters is 1. The van der Waals surface area contributed by atoms with Crippen LogP contribution in [0, 0.1) is 0 Å². The number of carbonyl (C=O) groups is 1. The number of halogens is 3. The lowest BCUT2D eigenvalue weighted by molar-refractivity contribution is -0.146. The third kappa shape index (κ3) is 9.56. The standard InChI is InChI=1S/C24H25O3S.CHF3O3S/c1-2-3-17-26-24(25)19-27-20-11-10-16-23(18-20)28(21-12-6-4-7-13-21)22-14-8-5-9-15-22;2-1(3,4)8(5,6)7/h4-16,18H,2-3,17,19H2,1H3;(H,5,6,7)/q+1;/p-1. The van der Waals surface area contributed by atoms with Gasteiger partial charge in [-0.05, 0) is 42.8 Å². The first kappa shape index (κ1) is 29.2. The summed E-state index contributed by atoms with van der Waals surface area (Å²) < 4.78 is 69.8. The summed E-state index contributed by atoms with van der Waals surface area (Å²) in [6.07, 6.45) is 1.87.